The zero-order valence-electron chi connectivity index (χ0n) is 9.64. The van der Waals surface area contributed by atoms with Gasteiger partial charge in [0.15, 0.2) is 4.77 Å². The van der Waals surface area contributed by atoms with Crippen molar-refractivity contribution in [3.8, 4) is 11.6 Å². The summed E-state index contributed by atoms with van der Waals surface area (Å²) < 4.78 is 3.90. The standard InChI is InChI=1S/C12H13ClN2OS/c1-3-14-7-11(16)15(12(14)17)10-5-4-8(2)6-9(10)13/h4-7,16H,3H2,1-2H3. The maximum atomic E-state index is 9.91. The summed E-state index contributed by atoms with van der Waals surface area (Å²) in [7, 11) is 0. The van der Waals surface area contributed by atoms with E-state index in [-0.39, 0.29) is 5.88 Å². The smallest absolute Gasteiger partial charge is 0.214 e. The molecule has 1 heterocycles. The molecule has 3 nitrogen and oxygen atoms in total. The summed E-state index contributed by atoms with van der Waals surface area (Å²) in [5, 5.41) is 10.5. The summed E-state index contributed by atoms with van der Waals surface area (Å²) in [6.07, 6.45) is 1.61. The Kier molecular flexibility index (Phi) is 3.26. The second-order valence-electron chi connectivity index (χ2n) is 3.85. The second-order valence-corrected chi connectivity index (χ2v) is 4.62. The molecular formula is C12H13ClN2OS. The molecule has 0 saturated heterocycles. The Morgan fingerprint density at radius 3 is 2.65 bits per heavy atom. The molecule has 0 aliphatic carbocycles. The molecule has 0 fully saturated rings. The Balaban J connectivity index is 2.68. The summed E-state index contributed by atoms with van der Waals surface area (Å²) in [4.78, 5) is 0. The molecule has 2 rings (SSSR count). The van der Waals surface area contributed by atoms with Crippen LogP contribution in [0.25, 0.3) is 5.69 Å². The number of aromatic nitrogens is 2. The molecule has 90 valence electrons. The molecule has 0 aliphatic heterocycles. The van der Waals surface area contributed by atoms with Crippen molar-refractivity contribution in [1.82, 2.24) is 9.13 Å². The molecular weight excluding hydrogens is 256 g/mol. The highest BCUT2D eigenvalue weighted by Gasteiger charge is 2.11. The molecule has 17 heavy (non-hydrogen) atoms. The van der Waals surface area contributed by atoms with Crippen LogP contribution in [0.1, 0.15) is 12.5 Å². The van der Waals surface area contributed by atoms with Crippen molar-refractivity contribution in [3.05, 3.63) is 39.8 Å². The third-order valence-electron chi connectivity index (χ3n) is 2.62. The fourth-order valence-corrected chi connectivity index (χ4v) is 2.42. The minimum atomic E-state index is 0.0996. The lowest BCUT2D eigenvalue weighted by atomic mass is 10.2. The van der Waals surface area contributed by atoms with Gasteiger partial charge in [0.2, 0.25) is 5.88 Å². The number of benzene rings is 1. The van der Waals surface area contributed by atoms with Gasteiger partial charge in [-0.05, 0) is 43.8 Å². The van der Waals surface area contributed by atoms with Crippen LogP contribution in [0.2, 0.25) is 5.02 Å². The quantitative estimate of drug-likeness (QED) is 0.842. The van der Waals surface area contributed by atoms with Crippen molar-refractivity contribution in [1.29, 1.82) is 0 Å². The highest BCUT2D eigenvalue weighted by molar-refractivity contribution is 7.71. The topological polar surface area (TPSA) is 30.1 Å². The van der Waals surface area contributed by atoms with E-state index < -0.39 is 0 Å². The normalized spacial score (nSPS) is 10.8. The number of hydrogen-bond acceptors (Lipinski definition) is 2. The number of aromatic hydroxyl groups is 1. The van der Waals surface area contributed by atoms with E-state index in [9.17, 15) is 5.11 Å². The SMILES string of the molecule is CCn1cc(O)n(-c2ccc(C)cc2Cl)c1=S. The van der Waals surface area contributed by atoms with Crippen LogP contribution in [0, 0.1) is 11.7 Å². The monoisotopic (exact) mass is 268 g/mol. The predicted octanol–water partition coefficient (Wildman–Crippen LogP) is 3.70. The highest BCUT2D eigenvalue weighted by Crippen LogP contribution is 2.27. The minimum absolute atomic E-state index is 0.0996. The van der Waals surface area contributed by atoms with Crippen LogP contribution in [0.4, 0.5) is 0 Å². The maximum absolute atomic E-state index is 9.91. The van der Waals surface area contributed by atoms with Gasteiger partial charge in [0.1, 0.15) is 0 Å². The first kappa shape index (κ1) is 12.2. The molecule has 0 bridgehead atoms. The van der Waals surface area contributed by atoms with Crippen LogP contribution in [0.3, 0.4) is 0 Å². The first-order valence-corrected chi connectivity index (χ1v) is 6.11. The molecule has 1 aromatic heterocycles. The number of halogens is 1. The lowest BCUT2D eigenvalue weighted by Gasteiger charge is -2.07. The Morgan fingerprint density at radius 1 is 1.41 bits per heavy atom. The average molecular weight is 269 g/mol. The van der Waals surface area contributed by atoms with Crippen molar-refractivity contribution in [3.63, 3.8) is 0 Å². The predicted molar refractivity (Wildman–Crippen MR) is 71.7 cm³/mol. The largest absolute Gasteiger partial charge is 0.493 e. The fraction of sp³-hybridized carbons (Fsp3) is 0.250. The minimum Gasteiger partial charge on any atom is -0.493 e. The van der Waals surface area contributed by atoms with Crippen LogP contribution in [0.5, 0.6) is 5.88 Å². The first-order valence-electron chi connectivity index (χ1n) is 5.32. The van der Waals surface area contributed by atoms with Crippen LogP contribution >= 0.6 is 23.8 Å². The Morgan fingerprint density at radius 2 is 2.12 bits per heavy atom. The van der Waals surface area contributed by atoms with Crippen molar-refractivity contribution in [2.75, 3.05) is 0 Å². The summed E-state index contributed by atoms with van der Waals surface area (Å²) in [5.41, 5.74) is 1.77. The molecule has 0 aliphatic rings. The number of imidazole rings is 1. The van der Waals surface area contributed by atoms with Gasteiger partial charge >= 0.3 is 0 Å². The van der Waals surface area contributed by atoms with E-state index >= 15 is 0 Å². The molecule has 1 aromatic carbocycles. The van der Waals surface area contributed by atoms with Crippen molar-refractivity contribution in [2.45, 2.75) is 20.4 Å². The summed E-state index contributed by atoms with van der Waals surface area (Å²) in [5.74, 6) is 0.0996. The molecule has 0 amide bonds. The van der Waals surface area contributed by atoms with Crippen LogP contribution < -0.4 is 0 Å². The van der Waals surface area contributed by atoms with Gasteiger partial charge in [-0.25, -0.2) is 0 Å². The molecule has 1 N–H and O–H groups in total. The van der Waals surface area contributed by atoms with E-state index in [4.69, 9.17) is 23.8 Å². The van der Waals surface area contributed by atoms with Gasteiger partial charge in [0.25, 0.3) is 0 Å². The lowest BCUT2D eigenvalue weighted by molar-refractivity contribution is 0.441. The van der Waals surface area contributed by atoms with Gasteiger partial charge in [-0.15, -0.1) is 0 Å². The summed E-state index contributed by atoms with van der Waals surface area (Å²) in [6.45, 7) is 4.64. The van der Waals surface area contributed by atoms with Crippen molar-refractivity contribution >= 4 is 23.8 Å². The Labute approximate surface area is 110 Å². The van der Waals surface area contributed by atoms with E-state index in [0.29, 0.717) is 22.0 Å². The van der Waals surface area contributed by atoms with Crippen LogP contribution in [0.15, 0.2) is 24.4 Å². The van der Waals surface area contributed by atoms with Gasteiger partial charge in [-0.3, -0.25) is 4.57 Å². The maximum Gasteiger partial charge on any atom is 0.214 e. The average Bonchev–Trinajstić information content (AvgIpc) is 2.55. The molecule has 0 unspecified atom stereocenters. The zero-order chi connectivity index (χ0) is 12.6. The van der Waals surface area contributed by atoms with E-state index in [2.05, 4.69) is 0 Å². The van der Waals surface area contributed by atoms with Crippen molar-refractivity contribution < 1.29 is 5.11 Å². The number of nitrogens with zero attached hydrogens (tertiary/aromatic N) is 2. The zero-order valence-corrected chi connectivity index (χ0v) is 11.2. The first-order chi connectivity index (χ1) is 8.04. The van der Waals surface area contributed by atoms with E-state index in [1.807, 2.05) is 32.0 Å². The third-order valence-corrected chi connectivity index (χ3v) is 3.34. The van der Waals surface area contributed by atoms with E-state index in [1.54, 1.807) is 15.3 Å². The second kappa shape index (κ2) is 4.55. The highest BCUT2D eigenvalue weighted by atomic mass is 35.5. The van der Waals surface area contributed by atoms with Gasteiger partial charge in [-0.1, -0.05) is 17.7 Å². The van der Waals surface area contributed by atoms with Gasteiger partial charge < -0.3 is 9.67 Å². The molecule has 2 aromatic rings. The number of aryl methyl sites for hydroxylation is 2. The molecule has 0 atom stereocenters. The number of hydrogen-bond donors (Lipinski definition) is 1. The Bertz CT molecular complexity index is 615. The third kappa shape index (κ3) is 2.10. The fourth-order valence-electron chi connectivity index (χ4n) is 1.73. The molecule has 5 heteroatoms. The van der Waals surface area contributed by atoms with Crippen LogP contribution in [-0.2, 0) is 6.54 Å². The summed E-state index contributed by atoms with van der Waals surface area (Å²) >= 11 is 11.5. The van der Waals surface area contributed by atoms with Crippen molar-refractivity contribution in [2.24, 2.45) is 0 Å². The van der Waals surface area contributed by atoms with E-state index in [0.717, 1.165) is 5.56 Å². The van der Waals surface area contributed by atoms with Gasteiger partial charge in [0.05, 0.1) is 16.9 Å². The lowest BCUT2D eigenvalue weighted by Crippen LogP contribution is -1.98. The number of rotatable bonds is 2. The molecule has 0 radical (unpaired) electrons. The summed E-state index contributed by atoms with van der Waals surface area (Å²) in [6, 6.07) is 5.64. The Hall–Kier alpha value is -1.26. The van der Waals surface area contributed by atoms with Gasteiger partial charge in [0, 0.05) is 6.54 Å². The van der Waals surface area contributed by atoms with Gasteiger partial charge in [-0.2, -0.15) is 0 Å². The molecule has 0 spiro atoms. The van der Waals surface area contributed by atoms with E-state index in [1.165, 1.54) is 0 Å². The van der Waals surface area contributed by atoms with Crippen LogP contribution in [-0.4, -0.2) is 14.2 Å². The molecule has 0 saturated carbocycles.